The number of rotatable bonds is 8. The van der Waals surface area contributed by atoms with Crippen LogP contribution < -0.4 is 0 Å². The Morgan fingerprint density at radius 2 is 1.63 bits per heavy atom. The molecule has 6 rings (SSSR count). The molecule has 272 valence electrons. The van der Waals surface area contributed by atoms with Crippen LogP contribution >= 0.6 is 11.6 Å². The van der Waals surface area contributed by atoms with E-state index in [9.17, 15) is 18.3 Å². The van der Waals surface area contributed by atoms with E-state index in [1.54, 1.807) is 0 Å². The normalized spacial score (nSPS) is 21.9. The molecule has 3 aliphatic heterocycles. The number of sulfonamides is 1. The number of hydrogen-bond donors (Lipinski definition) is 1. The highest BCUT2D eigenvalue weighted by atomic mass is 35.5. The Hall–Kier alpha value is -2.18. The Morgan fingerprint density at radius 3 is 2.27 bits per heavy atom. The number of aliphatic hydroxyl groups excluding tert-OH is 1. The average Bonchev–Trinajstić information content (AvgIpc) is 3.42. The zero-order valence-electron chi connectivity index (χ0n) is 29.9. The fraction of sp³-hybridized carbons (Fsp3) is 0.730. The summed E-state index contributed by atoms with van der Waals surface area (Å²) in [4.78, 5) is 16.7. The first-order valence-corrected chi connectivity index (χ1v) is 20.7. The van der Waals surface area contributed by atoms with Crippen molar-refractivity contribution in [1.82, 2.24) is 23.9 Å². The van der Waals surface area contributed by atoms with Gasteiger partial charge >= 0.3 is 6.09 Å². The molecule has 1 atom stereocenters. The van der Waals surface area contributed by atoms with Gasteiger partial charge in [-0.15, -0.1) is 0 Å². The Balaban J connectivity index is 1.09. The van der Waals surface area contributed by atoms with Gasteiger partial charge in [0.05, 0.1) is 24.6 Å². The maximum Gasteiger partial charge on any atom is 0.410 e. The van der Waals surface area contributed by atoms with E-state index in [0.717, 1.165) is 97.8 Å². The molecule has 2 aromatic rings. The van der Waals surface area contributed by atoms with Crippen molar-refractivity contribution in [3.63, 3.8) is 0 Å². The summed E-state index contributed by atoms with van der Waals surface area (Å²) >= 11 is 6.73. The first-order chi connectivity index (χ1) is 23.2. The molecule has 0 spiro atoms. The number of nitrogens with zero attached hydrogens (tertiary/aromatic N) is 5. The Bertz CT molecular complexity index is 1570. The third-order valence-corrected chi connectivity index (χ3v) is 12.8. The van der Waals surface area contributed by atoms with Gasteiger partial charge in [0, 0.05) is 61.0 Å². The molecule has 1 aromatic carbocycles. The van der Waals surface area contributed by atoms with Crippen molar-refractivity contribution >= 4 is 27.7 Å². The molecule has 49 heavy (non-hydrogen) atoms. The van der Waals surface area contributed by atoms with Gasteiger partial charge in [0.15, 0.2) is 0 Å². The molecule has 1 saturated carbocycles. The van der Waals surface area contributed by atoms with Gasteiger partial charge in [0.25, 0.3) is 0 Å². The van der Waals surface area contributed by atoms with Crippen LogP contribution in [0, 0.1) is 11.8 Å². The number of β-amino-alcohol motifs (C(OH)–C–C–N with tert-alkyl or cyclic N) is 1. The number of ether oxygens (including phenoxy) is 1. The standard InChI is InChI=1S/C37H56ClN5O5S/c1-37(2,3)48-36(45)41-19-14-27(15-20-41)26-12-17-40(18-13-26)23-30(44)24-43-34-16-21-42(49(4,46)47)25-32(34)35(39-43)29-10-11-33(38)31(22-29)28-8-6-5-7-9-28/h10-11,22,26-28,30,44H,5-9,12-21,23-25H2,1-4H3/t30-/m0/s1. The number of aromatic nitrogens is 2. The van der Waals surface area contributed by atoms with Crippen molar-refractivity contribution in [3.05, 3.63) is 40.0 Å². The van der Waals surface area contributed by atoms with E-state index < -0.39 is 21.7 Å². The van der Waals surface area contributed by atoms with Crippen LogP contribution in [0.4, 0.5) is 4.79 Å². The van der Waals surface area contributed by atoms with Gasteiger partial charge in [-0.25, -0.2) is 13.2 Å². The molecule has 0 bridgehead atoms. The highest BCUT2D eigenvalue weighted by Gasteiger charge is 2.34. The largest absolute Gasteiger partial charge is 0.444 e. The highest BCUT2D eigenvalue weighted by Crippen LogP contribution is 2.40. The second kappa shape index (κ2) is 15.2. The van der Waals surface area contributed by atoms with Gasteiger partial charge < -0.3 is 19.6 Å². The maximum absolute atomic E-state index is 12.6. The molecule has 1 aliphatic carbocycles. The zero-order valence-corrected chi connectivity index (χ0v) is 31.4. The smallest absolute Gasteiger partial charge is 0.410 e. The summed E-state index contributed by atoms with van der Waals surface area (Å²) in [6.07, 6.45) is 11.2. The third kappa shape index (κ3) is 9.01. The molecule has 12 heteroatoms. The second-order valence-electron chi connectivity index (χ2n) is 16.0. The lowest BCUT2D eigenvalue weighted by Gasteiger charge is -2.40. The summed E-state index contributed by atoms with van der Waals surface area (Å²) < 4.78 is 34.2. The maximum atomic E-state index is 12.6. The lowest BCUT2D eigenvalue weighted by Crippen LogP contribution is -2.45. The predicted molar refractivity (Wildman–Crippen MR) is 193 cm³/mol. The summed E-state index contributed by atoms with van der Waals surface area (Å²) in [5.74, 6) is 1.70. The number of carbonyl (C=O) groups excluding carboxylic acids is 1. The quantitative estimate of drug-likeness (QED) is 0.342. The van der Waals surface area contributed by atoms with Crippen molar-refractivity contribution in [2.45, 2.75) is 116 Å². The van der Waals surface area contributed by atoms with E-state index in [4.69, 9.17) is 21.4 Å². The van der Waals surface area contributed by atoms with E-state index >= 15 is 0 Å². The molecule has 0 unspecified atom stereocenters. The number of halogens is 1. The summed E-state index contributed by atoms with van der Waals surface area (Å²) in [5, 5.41) is 17.2. The third-order valence-electron chi connectivity index (χ3n) is 11.2. The summed E-state index contributed by atoms with van der Waals surface area (Å²) in [6.45, 7) is 10.8. The van der Waals surface area contributed by atoms with Crippen molar-refractivity contribution in [2.24, 2.45) is 11.8 Å². The van der Waals surface area contributed by atoms with Crippen LogP contribution in [-0.2, 0) is 34.3 Å². The van der Waals surface area contributed by atoms with Gasteiger partial charge in [0.1, 0.15) is 5.60 Å². The molecule has 2 saturated heterocycles. The minimum Gasteiger partial charge on any atom is -0.444 e. The molecular weight excluding hydrogens is 662 g/mol. The summed E-state index contributed by atoms with van der Waals surface area (Å²) in [5.41, 5.74) is 4.39. The molecule has 1 amide bonds. The number of aliphatic hydroxyl groups is 1. The first-order valence-electron chi connectivity index (χ1n) is 18.5. The molecule has 1 N–H and O–H groups in total. The van der Waals surface area contributed by atoms with Crippen molar-refractivity contribution in [3.8, 4) is 11.3 Å². The minimum absolute atomic E-state index is 0.203. The Labute approximate surface area is 298 Å². The molecule has 4 aliphatic rings. The lowest BCUT2D eigenvalue weighted by molar-refractivity contribution is 0.0123. The van der Waals surface area contributed by atoms with Gasteiger partial charge in [-0.2, -0.15) is 9.40 Å². The van der Waals surface area contributed by atoms with Crippen LogP contribution in [0.15, 0.2) is 18.2 Å². The zero-order chi connectivity index (χ0) is 34.9. The predicted octanol–water partition coefficient (Wildman–Crippen LogP) is 6.29. The van der Waals surface area contributed by atoms with Gasteiger partial charge in [-0.1, -0.05) is 36.9 Å². The van der Waals surface area contributed by atoms with Crippen LogP contribution in [0.2, 0.25) is 5.02 Å². The van der Waals surface area contributed by atoms with Crippen LogP contribution in [0.1, 0.15) is 101 Å². The highest BCUT2D eigenvalue weighted by molar-refractivity contribution is 7.88. The molecule has 4 heterocycles. The first kappa shape index (κ1) is 36.6. The van der Waals surface area contributed by atoms with Crippen LogP contribution in [0.25, 0.3) is 11.3 Å². The number of amides is 1. The van der Waals surface area contributed by atoms with E-state index in [0.29, 0.717) is 43.8 Å². The number of fused-ring (bicyclic) bond motifs is 1. The van der Waals surface area contributed by atoms with E-state index in [1.807, 2.05) is 42.5 Å². The molecule has 10 nitrogen and oxygen atoms in total. The second-order valence-corrected chi connectivity index (χ2v) is 18.4. The Morgan fingerprint density at radius 1 is 0.980 bits per heavy atom. The fourth-order valence-corrected chi connectivity index (χ4v) is 9.65. The SMILES string of the molecule is CC(C)(C)OC(=O)N1CCC(C2CCN(C[C@H](O)Cn3nc(-c4ccc(Cl)c(C5CCCCC5)c4)c4c3CCN(S(C)(=O)=O)C4)CC2)CC1. The summed E-state index contributed by atoms with van der Waals surface area (Å²) in [7, 11) is -3.36. The van der Waals surface area contributed by atoms with Crippen molar-refractivity contribution < 1.29 is 23.1 Å². The number of piperidine rings is 2. The minimum atomic E-state index is -3.36. The van der Waals surface area contributed by atoms with Gasteiger partial charge in [-0.05, 0) is 108 Å². The van der Waals surface area contributed by atoms with Gasteiger partial charge in [0.2, 0.25) is 10.0 Å². The van der Waals surface area contributed by atoms with Crippen molar-refractivity contribution in [1.29, 1.82) is 0 Å². The van der Waals surface area contributed by atoms with Crippen molar-refractivity contribution in [2.75, 3.05) is 45.5 Å². The fourth-order valence-electron chi connectivity index (χ4n) is 8.59. The Kier molecular flexibility index (Phi) is 11.4. The topological polar surface area (TPSA) is 108 Å². The number of carbonyl (C=O) groups is 1. The number of benzene rings is 1. The van der Waals surface area contributed by atoms with Gasteiger partial charge in [-0.3, -0.25) is 4.68 Å². The lowest BCUT2D eigenvalue weighted by atomic mass is 9.79. The van der Waals surface area contributed by atoms with E-state index in [1.165, 1.54) is 29.8 Å². The van der Waals surface area contributed by atoms with Crippen LogP contribution in [0.3, 0.4) is 0 Å². The van der Waals surface area contributed by atoms with E-state index in [-0.39, 0.29) is 12.6 Å². The average molecular weight is 718 g/mol. The molecule has 3 fully saturated rings. The van der Waals surface area contributed by atoms with Crippen LogP contribution in [0.5, 0.6) is 0 Å². The number of likely N-dealkylation sites (tertiary alicyclic amines) is 2. The van der Waals surface area contributed by atoms with E-state index in [2.05, 4.69) is 11.0 Å². The van der Waals surface area contributed by atoms with Crippen LogP contribution in [-0.4, -0.2) is 101 Å². The monoisotopic (exact) mass is 717 g/mol. The molecule has 1 aromatic heterocycles. The number of hydrogen-bond acceptors (Lipinski definition) is 7. The molecule has 0 radical (unpaired) electrons. The summed E-state index contributed by atoms with van der Waals surface area (Å²) in [6, 6.07) is 6.14. The molecular formula is C37H56ClN5O5S.